The number of thiophene rings is 1. The number of hydrogen-bond acceptors (Lipinski definition) is 2. The van der Waals surface area contributed by atoms with Gasteiger partial charge in [0.25, 0.3) is 0 Å². The zero-order valence-corrected chi connectivity index (χ0v) is 9.61. The summed E-state index contributed by atoms with van der Waals surface area (Å²) in [5.74, 6) is 0. The minimum absolute atomic E-state index is 0.0607. The third-order valence-electron chi connectivity index (χ3n) is 2.23. The van der Waals surface area contributed by atoms with Crippen LogP contribution in [0.2, 0.25) is 0 Å². The lowest BCUT2D eigenvalue weighted by Gasteiger charge is -2.25. The Labute approximate surface area is 84.4 Å². The first-order valence-corrected chi connectivity index (χ1v) is 5.59. The van der Waals surface area contributed by atoms with E-state index in [0.29, 0.717) is 0 Å². The van der Waals surface area contributed by atoms with Gasteiger partial charge in [-0.2, -0.15) is 0 Å². The summed E-state index contributed by atoms with van der Waals surface area (Å²) >= 11 is 1.66. The topological polar surface area (TPSA) is 20.2 Å². The van der Waals surface area contributed by atoms with Crippen LogP contribution in [0.1, 0.15) is 44.2 Å². The standard InChI is InChI=1S/C11H18OS/c1-5-8-6-7-13-9(8)10(12)11(2,3)4/h6-7,10,12H,5H2,1-4H3. The van der Waals surface area contributed by atoms with E-state index in [2.05, 4.69) is 39.1 Å². The quantitative estimate of drug-likeness (QED) is 0.772. The lowest BCUT2D eigenvalue weighted by atomic mass is 9.87. The lowest BCUT2D eigenvalue weighted by molar-refractivity contribution is 0.0651. The molecule has 1 rings (SSSR count). The summed E-state index contributed by atoms with van der Waals surface area (Å²) < 4.78 is 0. The molecule has 1 atom stereocenters. The summed E-state index contributed by atoms with van der Waals surface area (Å²) in [5, 5.41) is 12.1. The second-order valence-corrected chi connectivity index (χ2v) is 5.38. The molecule has 1 aromatic rings. The van der Waals surface area contributed by atoms with Gasteiger partial charge in [-0.3, -0.25) is 0 Å². The Bertz CT molecular complexity index is 270. The molecule has 0 aliphatic rings. The van der Waals surface area contributed by atoms with Crippen molar-refractivity contribution in [3.63, 3.8) is 0 Å². The van der Waals surface area contributed by atoms with Crippen LogP contribution in [0.15, 0.2) is 11.4 Å². The number of hydrogen-bond donors (Lipinski definition) is 1. The fourth-order valence-corrected chi connectivity index (χ4v) is 2.50. The van der Waals surface area contributed by atoms with E-state index in [1.165, 1.54) is 5.56 Å². The second kappa shape index (κ2) is 3.81. The smallest absolute Gasteiger partial charge is 0.0932 e. The van der Waals surface area contributed by atoms with Crippen LogP contribution in [-0.4, -0.2) is 5.11 Å². The molecule has 0 saturated carbocycles. The highest BCUT2D eigenvalue weighted by Crippen LogP contribution is 2.37. The van der Waals surface area contributed by atoms with Crippen LogP contribution in [-0.2, 0) is 6.42 Å². The molecule has 1 unspecified atom stereocenters. The number of aryl methyl sites for hydroxylation is 1. The number of aliphatic hydroxyl groups is 1. The van der Waals surface area contributed by atoms with Crippen molar-refractivity contribution in [3.8, 4) is 0 Å². The van der Waals surface area contributed by atoms with Crippen molar-refractivity contribution >= 4 is 11.3 Å². The van der Waals surface area contributed by atoms with E-state index in [9.17, 15) is 5.11 Å². The maximum Gasteiger partial charge on any atom is 0.0932 e. The Hall–Kier alpha value is -0.340. The Kier molecular flexibility index (Phi) is 3.14. The van der Waals surface area contributed by atoms with Crippen molar-refractivity contribution in [2.45, 2.75) is 40.2 Å². The van der Waals surface area contributed by atoms with Crippen molar-refractivity contribution in [1.82, 2.24) is 0 Å². The molecule has 0 aliphatic heterocycles. The molecule has 0 radical (unpaired) electrons. The maximum atomic E-state index is 10.1. The molecule has 1 N–H and O–H groups in total. The zero-order valence-electron chi connectivity index (χ0n) is 8.79. The lowest BCUT2D eigenvalue weighted by Crippen LogP contribution is -2.17. The van der Waals surface area contributed by atoms with Crippen LogP contribution in [0.4, 0.5) is 0 Å². The molecule has 1 aromatic heterocycles. The summed E-state index contributed by atoms with van der Waals surface area (Å²) in [6, 6.07) is 2.11. The summed E-state index contributed by atoms with van der Waals surface area (Å²) in [6.45, 7) is 8.32. The highest BCUT2D eigenvalue weighted by molar-refractivity contribution is 7.10. The maximum absolute atomic E-state index is 10.1. The van der Waals surface area contributed by atoms with Crippen molar-refractivity contribution in [2.75, 3.05) is 0 Å². The van der Waals surface area contributed by atoms with E-state index in [4.69, 9.17) is 0 Å². The molecule has 0 bridgehead atoms. The fourth-order valence-electron chi connectivity index (χ4n) is 1.27. The highest BCUT2D eigenvalue weighted by atomic mass is 32.1. The minimum Gasteiger partial charge on any atom is -0.387 e. The summed E-state index contributed by atoms with van der Waals surface area (Å²) in [6.07, 6.45) is 0.675. The summed E-state index contributed by atoms with van der Waals surface area (Å²) in [5.41, 5.74) is 1.22. The van der Waals surface area contributed by atoms with Gasteiger partial charge >= 0.3 is 0 Å². The molecule has 1 heterocycles. The average Bonchev–Trinajstić information content (AvgIpc) is 2.48. The van der Waals surface area contributed by atoms with Crippen LogP contribution < -0.4 is 0 Å². The zero-order chi connectivity index (χ0) is 10.1. The fraction of sp³-hybridized carbons (Fsp3) is 0.636. The predicted octanol–water partition coefficient (Wildman–Crippen LogP) is 3.39. The molecular formula is C11H18OS. The van der Waals surface area contributed by atoms with Crippen LogP contribution in [0, 0.1) is 5.41 Å². The van der Waals surface area contributed by atoms with Gasteiger partial charge in [0, 0.05) is 4.88 Å². The summed E-state index contributed by atoms with van der Waals surface area (Å²) in [7, 11) is 0. The van der Waals surface area contributed by atoms with Gasteiger partial charge in [0.15, 0.2) is 0 Å². The molecule has 0 spiro atoms. The van der Waals surface area contributed by atoms with Gasteiger partial charge in [0.1, 0.15) is 0 Å². The third-order valence-corrected chi connectivity index (χ3v) is 3.24. The van der Waals surface area contributed by atoms with Crippen molar-refractivity contribution in [3.05, 3.63) is 21.9 Å². The number of rotatable bonds is 2. The Morgan fingerprint density at radius 2 is 2.08 bits per heavy atom. The molecule has 13 heavy (non-hydrogen) atoms. The molecule has 2 heteroatoms. The predicted molar refractivity (Wildman–Crippen MR) is 58.1 cm³/mol. The van der Waals surface area contributed by atoms with Gasteiger partial charge in [0.05, 0.1) is 6.10 Å². The van der Waals surface area contributed by atoms with E-state index in [1.54, 1.807) is 11.3 Å². The van der Waals surface area contributed by atoms with E-state index in [1.807, 2.05) is 0 Å². The van der Waals surface area contributed by atoms with Crippen LogP contribution >= 0.6 is 11.3 Å². The Morgan fingerprint density at radius 3 is 2.54 bits per heavy atom. The first kappa shape index (κ1) is 10.7. The van der Waals surface area contributed by atoms with Gasteiger partial charge in [-0.15, -0.1) is 11.3 Å². The van der Waals surface area contributed by atoms with Gasteiger partial charge in [-0.25, -0.2) is 0 Å². The normalized spacial score (nSPS) is 14.5. The SMILES string of the molecule is CCc1ccsc1C(O)C(C)(C)C. The van der Waals surface area contributed by atoms with E-state index >= 15 is 0 Å². The second-order valence-electron chi connectivity index (χ2n) is 4.43. The molecule has 0 fully saturated rings. The van der Waals surface area contributed by atoms with Gasteiger partial charge in [0.2, 0.25) is 0 Å². The van der Waals surface area contributed by atoms with Crippen molar-refractivity contribution in [1.29, 1.82) is 0 Å². The highest BCUT2D eigenvalue weighted by Gasteiger charge is 2.26. The van der Waals surface area contributed by atoms with Gasteiger partial charge in [-0.05, 0) is 28.8 Å². The molecule has 1 nitrogen and oxygen atoms in total. The van der Waals surface area contributed by atoms with Crippen molar-refractivity contribution < 1.29 is 5.11 Å². The first-order chi connectivity index (χ1) is 5.96. The molecule has 0 saturated heterocycles. The van der Waals surface area contributed by atoms with Crippen LogP contribution in [0.5, 0.6) is 0 Å². The molecule has 0 amide bonds. The van der Waals surface area contributed by atoms with E-state index in [-0.39, 0.29) is 11.5 Å². The Balaban J connectivity index is 2.94. The molecule has 74 valence electrons. The van der Waals surface area contributed by atoms with Gasteiger partial charge < -0.3 is 5.11 Å². The molecular weight excluding hydrogens is 180 g/mol. The average molecular weight is 198 g/mol. The van der Waals surface area contributed by atoms with Crippen molar-refractivity contribution in [2.24, 2.45) is 5.41 Å². The van der Waals surface area contributed by atoms with Crippen LogP contribution in [0.3, 0.4) is 0 Å². The molecule has 0 aromatic carbocycles. The summed E-state index contributed by atoms with van der Waals surface area (Å²) in [4.78, 5) is 1.13. The van der Waals surface area contributed by atoms with E-state index in [0.717, 1.165) is 11.3 Å². The minimum atomic E-state index is -0.331. The number of aliphatic hydroxyl groups excluding tert-OH is 1. The Morgan fingerprint density at radius 1 is 1.46 bits per heavy atom. The largest absolute Gasteiger partial charge is 0.387 e. The van der Waals surface area contributed by atoms with E-state index < -0.39 is 0 Å². The van der Waals surface area contributed by atoms with Gasteiger partial charge in [-0.1, -0.05) is 27.7 Å². The van der Waals surface area contributed by atoms with Crippen LogP contribution in [0.25, 0.3) is 0 Å². The monoisotopic (exact) mass is 198 g/mol. The third kappa shape index (κ3) is 2.32. The first-order valence-electron chi connectivity index (χ1n) is 4.71. The molecule has 0 aliphatic carbocycles.